The number of anilines is 1. The fourth-order valence-corrected chi connectivity index (χ4v) is 1.22. The van der Waals surface area contributed by atoms with Crippen LogP contribution in [-0.2, 0) is 9.53 Å². The highest BCUT2D eigenvalue weighted by Crippen LogP contribution is 2.12. The molecular formula is C13H17NO2. The summed E-state index contributed by atoms with van der Waals surface area (Å²) in [5.74, 6) is -0.341. The maximum absolute atomic E-state index is 11.1. The van der Waals surface area contributed by atoms with Crippen LogP contribution in [-0.4, -0.2) is 19.1 Å². The Labute approximate surface area is 96.1 Å². The molecule has 0 aromatic heterocycles. The summed E-state index contributed by atoms with van der Waals surface area (Å²) < 4.78 is 4.96. The molecule has 1 N–H and O–H groups in total. The van der Waals surface area contributed by atoms with Crippen LogP contribution in [0.5, 0.6) is 0 Å². The zero-order chi connectivity index (χ0) is 12.0. The van der Waals surface area contributed by atoms with Crippen LogP contribution in [0.1, 0.15) is 12.5 Å². The molecule has 0 bridgehead atoms. The van der Waals surface area contributed by atoms with E-state index in [1.54, 1.807) is 6.92 Å². The van der Waals surface area contributed by atoms with E-state index < -0.39 is 0 Å². The normalized spacial score (nSPS) is 9.62. The number of benzene rings is 1. The molecule has 0 radical (unpaired) electrons. The van der Waals surface area contributed by atoms with Crippen molar-refractivity contribution in [3.8, 4) is 0 Å². The Kier molecular flexibility index (Phi) is 4.58. The summed E-state index contributed by atoms with van der Waals surface area (Å²) >= 11 is 0. The van der Waals surface area contributed by atoms with E-state index in [9.17, 15) is 4.79 Å². The molecule has 0 fully saturated rings. The van der Waals surface area contributed by atoms with Gasteiger partial charge in [0.2, 0.25) is 0 Å². The van der Waals surface area contributed by atoms with Crippen molar-refractivity contribution in [3.63, 3.8) is 0 Å². The number of hydrogen-bond acceptors (Lipinski definition) is 3. The van der Waals surface area contributed by atoms with E-state index in [1.165, 1.54) is 5.56 Å². The molecule has 86 valence electrons. The first-order valence-corrected chi connectivity index (χ1v) is 5.23. The summed E-state index contributed by atoms with van der Waals surface area (Å²) in [6.45, 7) is 8.13. The monoisotopic (exact) mass is 219 g/mol. The molecule has 0 aliphatic heterocycles. The second-order valence-electron chi connectivity index (χ2n) is 3.66. The number of carbonyl (C=O) groups excluding carboxylic acids is 1. The molecule has 1 rings (SSSR count). The molecule has 0 aliphatic carbocycles. The fourth-order valence-electron chi connectivity index (χ4n) is 1.22. The molecule has 3 heteroatoms. The molecule has 1 aromatic rings. The molecule has 0 atom stereocenters. The second kappa shape index (κ2) is 5.95. The van der Waals surface area contributed by atoms with Crippen LogP contribution in [0.25, 0.3) is 0 Å². The topological polar surface area (TPSA) is 38.3 Å². The van der Waals surface area contributed by atoms with Crippen LogP contribution >= 0.6 is 0 Å². The smallest absolute Gasteiger partial charge is 0.333 e. The van der Waals surface area contributed by atoms with Gasteiger partial charge in [-0.1, -0.05) is 24.8 Å². The molecule has 0 saturated heterocycles. The number of esters is 1. The van der Waals surface area contributed by atoms with Gasteiger partial charge < -0.3 is 10.1 Å². The van der Waals surface area contributed by atoms with E-state index in [0.717, 1.165) is 5.69 Å². The molecule has 0 aliphatic rings. The number of para-hydroxylation sites is 1. The highest BCUT2D eigenvalue weighted by atomic mass is 16.5. The molecule has 0 amide bonds. The Morgan fingerprint density at radius 2 is 2.12 bits per heavy atom. The molecular weight excluding hydrogens is 202 g/mol. The third-order valence-corrected chi connectivity index (χ3v) is 2.14. The predicted octanol–water partition coefficient (Wildman–Crippen LogP) is 2.53. The minimum atomic E-state index is -0.341. The Balaban J connectivity index is 2.29. The van der Waals surface area contributed by atoms with Gasteiger partial charge in [-0.2, -0.15) is 0 Å². The first kappa shape index (κ1) is 12.3. The molecule has 0 unspecified atom stereocenters. The average Bonchev–Trinajstić information content (AvgIpc) is 2.26. The summed E-state index contributed by atoms with van der Waals surface area (Å²) in [4.78, 5) is 11.1. The predicted molar refractivity (Wildman–Crippen MR) is 65.4 cm³/mol. The van der Waals surface area contributed by atoms with Crippen LogP contribution in [0.15, 0.2) is 36.4 Å². The van der Waals surface area contributed by atoms with Crippen molar-refractivity contribution in [2.45, 2.75) is 13.8 Å². The van der Waals surface area contributed by atoms with E-state index in [1.807, 2.05) is 31.2 Å². The van der Waals surface area contributed by atoms with Crippen molar-refractivity contribution in [2.75, 3.05) is 18.5 Å². The third kappa shape index (κ3) is 3.77. The SMILES string of the molecule is C=C(C)C(=O)OCCNc1ccccc1C. The minimum absolute atomic E-state index is 0.341. The van der Waals surface area contributed by atoms with Crippen LogP contribution in [0.4, 0.5) is 5.69 Å². The van der Waals surface area contributed by atoms with E-state index in [4.69, 9.17) is 4.74 Å². The van der Waals surface area contributed by atoms with Crippen molar-refractivity contribution >= 4 is 11.7 Å². The van der Waals surface area contributed by atoms with Gasteiger partial charge in [0, 0.05) is 17.8 Å². The summed E-state index contributed by atoms with van der Waals surface area (Å²) in [7, 11) is 0. The number of carbonyl (C=O) groups is 1. The number of nitrogens with one attached hydrogen (secondary N) is 1. The number of ether oxygens (including phenoxy) is 1. The van der Waals surface area contributed by atoms with Gasteiger partial charge >= 0.3 is 5.97 Å². The highest BCUT2D eigenvalue weighted by Gasteiger charge is 2.02. The first-order chi connectivity index (χ1) is 7.61. The summed E-state index contributed by atoms with van der Waals surface area (Å²) in [5.41, 5.74) is 2.67. The van der Waals surface area contributed by atoms with E-state index in [2.05, 4.69) is 11.9 Å². The van der Waals surface area contributed by atoms with Gasteiger partial charge in [-0.3, -0.25) is 0 Å². The lowest BCUT2D eigenvalue weighted by atomic mass is 10.2. The molecule has 1 aromatic carbocycles. The lowest BCUT2D eigenvalue weighted by molar-refractivity contribution is -0.138. The van der Waals surface area contributed by atoms with Gasteiger partial charge in [0.15, 0.2) is 0 Å². The average molecular weight is 219 g/mol. The Morgan fingerprint density at radius 3 is 2.75 bits per heavy atom. The van der Waals surface area contributed by atoms with E-state index >= 15 is 0 Å². The Morgan fingerprint density at radius 1 is 1.44 bits per heavy atom. The quantitative estimate of drug-likeness (QED) is 0.470. The number of aryl methyl sites for hydroxylation is 1. The van der Waals surface area contributed by atoms with E-state index in [-0.39, 0.29) is 5.97 Å². The zero-order valence-corrected chi connectivity index (χ0v) is 9.75. The summed E-state index contributed by atoms with van der Waals surface area (Å²) in [6, 6.07) is 7.98. The summed E-state index contributed by atoms with van der Waals surface area (Å²) in [5, 5.41) is 3.20. The van der Waals surface area contributed by atoms with Crippen LogP contribution in [0.2, 0.25) is 0 Å². The third-order valence-electron chi connectivity index (χ3n) is 2.14. The Hall–Kier alpha value is -1.77. The van der Waals surface area contributed by atoms with Gasteiger partial charge in [-0.05, 0) is 25.5 Å². The van der Waals surface area contributed by atoms with Crippen molar-refractivity contribution in [1.29, 1.82) is 0 Å². The molecule has 16 heavy (non-hydrogen) atoms. The number of hydrogen-bond donors (Lipinski definition) is 1. The maximum atomic E-state index is 11.1. The fraction of sp³-hybridized carbons (Fsp3) is 0.308. The number of rotatable bonds is 5. The van der Waals surface area contributed by atoms with Crippen molar-refractivity contribution in [2.24, 2.45) is 0 Å². The highest BCUT2D eigenvalue weighted by molar-refractivity contribution is 5.86. The summed E-state index contributed by atoms with van der Waals surface area (Å²) in [6.07, 6.45) is 0. The van der Waals surface area contributed by atoms with Gasteiger partial charge in [-0.25, -0.2) is 4.79 Å². The van der Waals surface area contributed by atoms with Crippen molar-refractivity contribution in [3.05, 3.63) is 42.0 Å². The standard InChI is InChI=1S/C13H17NO2/c1-10(2)13(15)16-9-8-14-12-7-5-4-6-11(12)3/h4-7,14H,1,8-9H2,2-3H3. The van der Waals surface area contributed by atoms with Crippen molar-refractivity contribution in [1.82, 2.24) is 0 Å². The minimum Gasteiger partial charge on any atom is -0.460 e. The van der Waals surface area contributed by atoms with Crippen molar-refractivity contribution < 1.29 is 9.53 Å². The van der Waals surface area contributed by atoms with Gasteiger partial charge in [0.25, 0.3) is 0 Å². The van der Waals surface area contributed by atoms with E-state index in [0.29, 0.717) is 18.7 Å². The maximum Gasteiger partial charge on any atom is 0.333 e. The molecule has 0 saturated carbocycles. The van der Waals surface area contributed by atoms with Crippen LogP contribution in [0.3, 0.4) is 0 Å². The second-order valence-corrected chi connectivity index (χ2v) is 3.66. The van der Waals surface area contributed by atoms with Crippen LogP contribution < -0.4 is 5.32 Å². The molecule has 0 heterocycles. The zero-order valence-electron chi connectivity index (χ0n) is 9.75. The molecule has 3 nitrogen and oxygen atoms in total. The van der Waals surface area contributed by atoms with Crippen LogP contribution in [0, 0.1) is 6.92 Å². The lowest BCUT2D eigenvalue weighted by Gasteiger charge is -2.09. The first-order valence-electron chi connectivity index (χ1n) is 5.23. The molecule has 0 spiro atoms. The lowest BCUT2D eigenvalue weighted by Crippen LogP contribution is -2.14. The Bertz CT molecular complexity index is 385. The van der Waals surface area contributed by atoms with Gasteiger partial charge in [-0.15, -0.1) is 0 Å². The largest absolute Gasteiger partial charge is 0.460 e. The van der Waals surface area contributed by atoms with Gasteiger partial charge in [0.05, 0.1) is 0 Å². The van der Waals surface area contributed by atoms with Gasteiger partial charge in [0.1, 0.15) is 6.61 Å².